The van der Waals surface area contributed by atoms with Crippen LogP contribution in [0.3, 0.4) is 0 Å². The molecular weight excluding hydrogens is 314 g/mol. The molecule has 1 heterocycles. The van der Waals surface area contributed by atoms with Gasteiger partial charge in [0.2, 0.25) is 0 Å². The van der Waals surface area contributed by atoms with Crippen molar-refractivity contribution < 1.29 is 9.53 Å². The van der Waals surface area contributed by atoms with E-state index in [1.54, 1.807) is 11.3 Å². The second-order valence-corrected chi connectivity index (χ2v) is 6.28. The summed E-state index contributed by atoms with van der Waals surface area (Å²) in [7, 11) is 3.50. The van der Waals surface area contributed by atoms with Crippen LogP contribution in [0.4, 0.5) is 0 Å². The Kier molecular flexibility index (Phi) is 6.89. The van der Waals surface area contributed by atoms with E-state index >= 15 is 0 Å². The molecule has 0 aliphatic rings. The van der Waals surface area contributed by atoms with Crippen molar-refractivity contribution in [3.05, 3.63) is 20.8 Å². The summed E-state index contributed by atoms with van der Waals surface area (Å²) in [5.41, 5.74) is 0. The van der Waals surface area contributed by atoms with Gasteiger partial charge in [-0.1, -0.05) is 6.92 Å². The lowest BCUT2D eigenvalue weighted by Gasteiger charge is -2.21. The van der Waals surface area contributed by atoms with Crippen molar-refractivity contribution >= 4 is 33.2 Å². The highest BCUT2D eigenvalue weighted by atomic mass is 79.9. The van der Waals surface area contributed by atoms with Crippen LogP contribution in [0.2, 0.25) is 0 Å². The Morgan fingerprint density at radius 2 is 2.33 bits per heavy atom. The van der Waals surface area contributed by atoms with Crippen molar-refractivity contribution in [2.75, 3.05) is 27.2 Å². The first-order valence-corrected chi connectivity index (χ1v) is 7.73. The molecule has 0 spiro atoms. The molecule has 0 bridgehead atoms. The van der Waals surface area contributed by atoms with Crippen LogP contribution in [-0.4, -0.2) is 38.1 Å². The number of carbonyl (C=O) groups excluding carboxylic acids is 1. The standard InChI is InChI=1S/C13H20BrNO2S/c1-4-10(13(16)17-3)8-15(2)6-5-12-7-11(14)9-18-12/h7,9-10H,4-6,8H2,1-3H3. The minimum atomic E-state index is -0.108. The predicted molar refractivity (Wildman–Crippen MR) is 79.0 cm³/mol. The zero-order valence-corrected chi connectivity index (χ0v) is 13.5. The topological polar surface area (TPSA) is 29.5 Å². The Bertz CT molecular complexity index is 381. The molecule has 0 amide bonds. The Labute approximate surface area is 121 Å². The zero-order valence-electron chi connectivity index (χ0n) is 11.1. The lowest BCUT2D eigenvalue weighted by molar-refractivity contribution is -0.146. The molecule has 1 atom stereocenters. The lowest BCUT2D eigenvalue weighted by atomic mass is 10.1. The third kappa shape index (κ3) is 5.08. The molecule has 1 aromatic heterocycles. The summed E-state index contributed by atoms with van der Waals surface area (Å²) in [5.74, 6) is -0.127. The maximum absolute atomic E-state index is 11.5. The molecule has 0 fully saturated rings. The zero-order chi connectivity index (χ0) is 13.5. The summed E-state index contributed by atoms with van der Waals surface area (Å²) in [4.78, 5) is 15.1. The number of carbonyl (C=O) groups is 1. The van der Waals surface area contributed by atoms with Gasteiger partial charge in [0.25, 0.3) is 0 Å². The van der Waals surface area contributed by atoms with Crippen molar-refractivity contribution in [2.45, 2.75) is 19.8 Å². The quantitative estimate of drug-likeness (QED) is 0.717. The van der Waals surface area contributed by atoms with Gasteiger partial charge < -0.3 is 9.64 Å². The molecule has 18 heavy (non-hydrogen) atoms. The van der Waals surface area contributed by atoms with Gasteiger partial charge in [0.15, 0.2) is 0 Å². The molecule has 0 saturated carbocycles. The van der Waals surface area contributed by atoms with Gasteiger partial charge >= 0.3 is 5.97 Å². The van der Waals surface area contributed by atoms with Crippen molar-refractivity contribution in [3.63, 3.8) is 0 Å². The van der Waals surface area contributed by atoms with Crippen molar-refractivity contribution in [1.82, 2.24) is 4.90 Å². The molecule has 0 N–H and O–H groups in total. The maximum atomic E-state index is 11.5. The monoisotopic (exact) mass is 333 g/mol. The number of hydrogen-bond acceptors (Lipinski definition) is 4. The van der Waals surface area contributed by atoms with Crippen molar-refractivity contribution in [2.24, 2.45) is 5.92 Å². The third-order valence-corrected chi connectivity index (χ3v) is 4.68. The molecule has 5 heteroatoms. The molecule has 0 aliphatic heterocycles. The average Bonchev–Trinajstić information content (AvgIpc) is 2.78. The third-order valence-electron chi connectivity index (χ3n) is 2.92. The summed E-state index contributed by atoms with van der Waals surface area (Å²) in [5, 5.41) is 2.10. The van der Waals surface area contributed by atoms with Gasteiger partial charge in [-0.05, 0) is 41.9 Å². The van der Waals surface area contributed by atoms with E-state index in [0.717, 1.165) is 30.4 Å². The Morgan fingerprint density at radius 3 is 2.83 bits per heavy atom. The Morgan fingerprint density at radius 1 is 1.61 bits per heavy atom. The minimum absolute atomic E-state index is 0.0185. The van der Waals surface area contributed by atoms with E-state index in [1.165, 1.54) is 12.0 Å². The number of halogens is 1. The first-order chi connectivity index (χ1) is 8.56. The number of likely N-dealkylation sites (N-methyl/N-ethyl adjacent to an activating group) is 1. The number of thiophene rings is 1. The molecule has 3 nitrogen and oxygen atoms in total. The maximum Gasteiger partial charge on any atom is 0.309 e. The lowest BCUT2D eigenvalue weighted by Crippen LogP contribution is -2.32. The molecule has 1 rings (SSSR count). The first kappa shape index (κ1) is 15.7. The summed E-state index contributed by atoms with van der Waals surface area (Å²) in [6.07, 6.45) is 1.84. The molecule has 0 radical (unpaired) electrons. The van der Waals surface area contributed by atoms with Crippen LogP contribution in [0.15, 0.2) is 15.9 Å². The van der Waals surface area contributed by atoms with Crippen LogP contribution < -0.4 is 0 Å². The highest BCUT2D eigenvalue weighted by Crippen LogP contribution is 2.20. The summed E-state index contributed by atoms with van der Waals surface area (Å²) in [6, 6.07) is 2.15. The van der Waals surface area contributed by atoms with Gasteiger partial charge in [0.05, 0.1) is 13.0 Å². The van der Waals surface area contributed by atoms with E-state index in [4.69, 9.17) is 4.74 Å². The van der Waals surface area contributed by atoms with Crippen molar-refractivity contribution in [3.8, 4) is 0 Å². The van der Waals surface area contributed by atoms with E-state index in [2.05, 4.69) is 32.3 Å². The van der Waals surface area contributed by atoms with E-state index in [-0.39, 0.29) is 11.9 Å². The van der Waals surface area contributed by atoms with Crippen molar-refractivity contribution in [1.29, 1.82) is 0 Å². The van der Waals surface area contributed by atoms with E-state index < -0.39 is 0 Å². The summed E-state index contributed by atoms with van der Waals surface area (Å²) >= 11 is 5.22. The van der Waals surface area contributed by atoms with Crippen LogP contribution in [0.1, 0.15) is 18.2 Å². The van der Waals surface area contributed by atoms with Crippen LogP contribution in [0, 0.1) is 5.92 Å². The van der Waals surface area contributed by atoms with Gasteiger partial charge in [-0.15, -0.1) is 11.3 Å². The van der Waals surface area contributed by atoms with E-state index in [9.17, 15) is 4.79 Å². The smallest absolute Gasteiger partial charge is 0.309 e. The van der Waals surface area contributed by atoms with Crippen LogP contribution in [0.5, 0.6) is 0 Å². The second-order valence-electron chi connectivity index (χ2n) is 4.37. The molecule has 1 aromatic rings. The number of rotatable bonds is 7. The highest BCUT2D eigenvalue weighted by molar-refractivity contribution is 9.10. The Balaban J connectivity index is 2.36. The van der Waals surface area contributed by atoms with E-state index in [0.29, 0.717) is 0 Å². The second kappa shape index (κ2) is 7.92. The van der Waals surface area contributed by atoms with Crippen LogP contribution >= 0.6 is 27.3 Å². The summed E-state index contributed by atoms with van der Waals surface area (Å²) in [6.45, 7) is 3.74. The number of nitrogens with zero attached hydrogens (tertiary/aromatic N) is 1. The Hall–Kier alpha value is -0.390. The highest BCUT2D eigenvalue weighted by Gasteiger charge is 2.18. The van der Waals surface area contributed by atoms with Gasteiger partial charge in [0.1, 0.15) is 0 Å². The first-order valence-electron chi connectivity index (χ1n) is 6.06. The van der Waals surface area contributed by atoms with Crippen LogP contribution in [0.25, 0.3) is 0 Å². The minimum Gasteiger partial charge on any atom is -0.469 e. The molecular formula is C13H20BrNO2S. The predicted octanol–water partition coefficient (Wildman–Crippen LogP) is 3.18. The molecule has 102 valence electrons. The number of methoxy groups -OCH3 is 1. The van der Waals surface area contributed by atoms with Gasteiger partial charge in [-0.2, -0.15) is 0 Å². The number of esters is 1. The average molecular weight is 334 g/mol. The summed E-state index contributed by atoms with van der Waals surface area (Å²) < 4.78 is 5.95. The fraction of sp³-hybridized carbons (Fsp3) is 0.615. The SMILES string of the molecule is CCC(CN(C)CCc1cc(Br)cs1)C(=O)OC. The fourth-order valence-corrected chi connectivity index (χ4v) is 3.23. The molecule has 0 saturated heterocycles. The molecule has 0 aliphatic carbocycles. The fourth-order valence-electron chi connectivity index (χ4n) is 1.79. The molecule has 0 aromatic carbocycles. The largest absolute Gasteiger partial charge is 0.469 e. The number of ether oxygens (including phenoxy) is 1. The van der Waals surface area contributed by atoms with Gasteiger partial charge in [-0.3, -0.25) is 4.79 Å². The van der Waals surface area contributed by atoms with Crippen LogP contribution in [-0.2, 0) is 16.0 Å². The molecule has 1 unspecified atom stereocenters. The number of hydrogen-bond donors (Lipinski definition) is 0. The van der Waals surface area contributed by atoms with E-state index in [1.807, 2.05) is 14.0 Å². The van der Waals surface area contributed by atoms with Gasteiger partial charge in [0, 0.05) is 27.8 Å². The normalized spacial score (nSPS) is 12.7. The van der Waals surface area contributed by atoms with Gasteiger partial charge in [-0.25, -0.2) is 0 Å².